The van der Waals surface area contributed by atoms with Gasteiger partial charge in [-0.3, -0.25) is 19.7 Å². The SMILES string of the molecule is O=C(c1cc(C(F)(F)F)[nH]n1)N1CCc2c(cc(-c3ccccc3F)c(=O)n2Cc2ccncc2)C1. The molecule has 0 unspecified atom stereocenters. The quantitative estimate of drug-likeness (QED) is 0.432. The van der Waals surface area contributed by atoms with Gasteiger partial charge >= 0.3 is 6.18 Å². The largest absolute Gasteiger partial charge is 0.432 e. The molecule has 11 heteroatoms. The van der Waals surface area contributed by atoms with E-state index in [4.69, 9.17) is 0 Å². The molecule has 3 aromatic heterocycles. The summed E-state index contributed by atoms with van der Waals surface area (Å²) in [7, 11) is 0. The number of alkyl halides is 3. The molecule has 1 aliphatic rings. The van der Waals surface area contributed by atoms with E-state index >= 15 is 0 Å². The van der Waals surface area contributed by atoms with Crippen molar-refractivity contribution in [3.63, 3.8) is 0 Å². The van der Waals surface area contributed by atoms with Gasteiger partial charge in [0.2, 0.25) is 0 Å². The van der Waals surface area contributed by atoms with E-state index in [0.717, 1.165) is 5.56 Å². The lowest BCUT2D eigenvalue weighted by molar-refractivity contribution is -0.141. The van der Waals surface area contributed by atoms with Crippen molar-refractivity contribution in [2.75, 3.05) is 6.54 Å². The Morgan fingerprint density at radius 1 is 1.06 bits per heavy atom. The van der Waals surface area contributed by atoms with E-state index in [1.165, 1.54) is 23.1 Å². The number of fused-ring (bicyclic) bond motifs is 1. The third-order valence-electron chi connectivity index (χ3n) is 6.11. The van der Waals surface area contributed by atoms with Crippen molar-refractivity contribution in [1.82, 2.24) is 24.6 Å². The summed E-state index contributed by atoms with van der Waals surface area (Å²) in [5.41, 5.74) is 0.509. The number of H-pyrrole nitrogens is 1. The predicted octanol–water partition coefficient (Wildman–Crippen LogP) is 4.04. The van der Waals surface area contributed by atoms with Crippen molar-refractivity contribution >= 4 is 5.91 Å². The minimum Gasteiger partial charge on any atom is -0.332 e. The minimum atomic E-state index is -4.66. The first-order valence-corrected chi connectivity index (χ1v) is 11.0. The van der Waals surface area contributed by atoms with Crippen LogP contribution in [0.3, 0.4) is 0 Å². The molecule has 36 heavy (non-hydrogen) atoms. The summed E-state index contributed by atoms with van der Waals surface area (Å²) in [4.78, 5) is 31.8. The van der Waals surface area contributed by atoms with Crippen LogP contribution in [0.5, 0.6) is 0 Å². The summed E-state index contributed by atoms with van der Waals surface area (Å²) in [6.45, 7) is 0.420. The van der Waals surface area contributed by atoms with Crippen LogP contribution in [0, 0.1) is 5.82 Å². The summed E-state index contributed by atoms with van der Waals surface area (Å²) in [5.74, 6) is -1.24. The second-order valence-corrected chi connectivity index (χ2v) is 8.40. The van der Waals surface area contributed by atoms with Crippen molar-refractivity contribution in [2.24, 2.45) is 0 Å². The number of hydrogen-bond donors (Lipinski definition) is 1. The Labute approximate surface area is 202 Å². The third kappa shape index (κ3) is 4.39. The fraction of sp³-hybridized carbons (Fsp3) is 0.200. The molecule has 5 rings (SSSR count). The normalized spacial score (nSPS) is 13.5. The Morgan fingerprint density at radius 2 is 1.81 bits per heavy atom. The molecule has 1 amide bonds. The van der Waals surface area contributed by atoms with E-state index in [1.807, 2.05) is 5.10 Å². The molecule has 4 heterocycles. The monoisotopic (exact) mass is 497 g/mol. The molecule has 0 spiro atoms. The van der Waals surface area contributed by atoms with E-state index in [0.29, 0.717) is 17.3 Å². The summed E-state index contributed by atoms with van der Waals surface area (Å²) in [6.07, 6.45) is -1.16. The zero-order valence-electron chi connectivity index (χ0n) is 18.7. The molecule has 0 atom stereocenters. The molecule has 1 N–H and O–H groups in total. The van der Waals surface area contributed by atoms with E-state index in [9.17, 15) is 27.2 Å². The van der Waals surface area contributed by atoms with Gasteiger partial charge in [-0.2, -0.15) is 18.3 Å². The van der Waals surface area contributed by atoms with Gasteiger partial charge in [-0.05, 0) is 35.4 Å². The summed E-state index contributed by atoms with van der Waals surface area (Å²) < 4.78 is 55.0. The van der Waals surface area contributed by atoms with Crippen LogP contribution in [0.2, 0.25) is 0 Å². The van der Waals surface area contributed by atoms with Crippen LogP contribution in [0.1, 0.15) is 33.0 Å². The molecule has 184 valence electrons. The number of amides is 1. The number of nitrogens with one attached hydrogen (secondary N) is 1. The van der Waals surface area contributed by atoms with Gasteiger partial charge in [0.25, 0.3) is 11.5 Å². The number of aromatic nitrogens is 4. The van der Waals surface area contributed by atoms with Crippen molar-refractivity contribution in [3.05, 3.63) is 105 Å². The first-order chi connectivity index (χ1) is 17.2. The van der Waals surface area contributed by atoms with Crippen molar-refractivity contribution in [3.8, 4) is 11.1 Å². The first-order valence-electron chi connectivity index (χ1n) is 11.0. The van der Waals surface area contributed by atoms with Crippen LogP contribution in [-0.4, -0.2) is 37.1 Å². The van der Waals surface area contributed by atoms with Crippen LogP contribution < -0.4 is 5.56 Å². The van der Waals surface area contributed by atoms with Crippen molar-refractivity contribution in [1.29, 1.82) is 0 Å². The zero-order chi connectivity index (χ0) is 25.4. The Kier molecular flexibility index (Phi) is 5.91. The maximum atomic E-state index is 14.6. The predicted molar refractivity (Wildman–Crippen MR) is 121 cm³/mol. The molecule has 0 saturated carbocycles. The molecular weight excluding hydrogens is 478 g/mol. The number of benzene rings is 1. The average Bonchev–Trinajstić information content (AvgIpc) is 3.37. The number of hydrogen-bond acceptors (Lipinski definition) is 4. The summed E-state index contributed by atoms with van der Waals surface area (Å²) in [6, 6.07) is 11.7. The summed E-state index contributed by atoms with van der Waals surface area (Å²) in [5, 5.41) is 5.38. The van der Waals surface area contributed by atoms with E-state index < -0.39 is 23.6 Å². The summed E-state index contributed by atoms with van der Waals surface area (Å²) >= 11 is 0. The van der Waals surface area contributed by atoms with E-state index in [2.05, 4.69) is 10.1 Å². The molecule has 0 fully saturated rings. The van der Waals surface area contributed by atoms with Gasteiger partial charge in [0.05, 0.1) is 12.1 Å². The maximum Gasteiger partial charge on any atom is 0.432 e. The highest BCUT2D eigenvalue weighted by atomic mass is 19.4. The number of carbonyl (C=O) groups excluding carboxylic acids is 1. The molecule has 0 radical (unpaired) electrons. The van der Waals surface area contributed by atoms with Crippen LogP contribution in [0.4, 0.5) is 17.6 Å². The molecule has 4 aromatic rings. The molecular formula is C25H19F4N5O2. The standard InChI is InChI=1S/C25H19F4N5O2/c26-19-4-2-1-3-17(19)18-11-16-14-33(24(36)20-12-22(32-31-20)25(27,28)29)10-7-21(16)34(23(18)35)13-15-5-8-30-9-6-15/h1-6,8-9,11-12H,7,10,13-14H2,(H,31,32). The van der Waals surface area contributed by atoms with Gasteiger partial charge in [0.15, 0.2) is 5.69 Å². The number of aromatic amines is 1. The second-order valence-electron chi connectivity index (χ2n) is 8.40. The Bertz CT molecular complexity index is 1490. The second kappa shape index (κ2) is 9.06. The zero-order valence-corrected chi connectivity index (χ0v) is 18.7. The minimum absolute atomic E-state index is 0.0282. The van der Waals surface area contributed by atoms with Crippen molar-refractivity contribution in [2.45, 2.75) is 25.7 Å². The van der Waals surface area contributed by atoms with Gasteiger partial charge < -0.3 is 9.47 Å². The molecule has 7 nitrogen and oxygen atoms in total. The van der Waals surface area contributed by atoms with E-state index in [1.54, 1.807) is 41.2 Å². The highest BCUT2D eigenvalue weighted by Gasteiger charge is 2.35. The molecule has 1 aromatic carbocycles. The number of nitrogens with zero attached hydrogens (tertiary/aromatic N) is 4. The molecule has 0 saturated heterocycles. The molecule has 1 aliphatic heterocycles. The lowest BCUT2D eigenvalue weighted by Crippen LogP contribution is -2.39. The molecule has 0 bridgehead atoms. The lowest BCUT2D eigenvalue weighted by atomic mass is 9.98. The number of carbonyl (C=O) groups is 1. The van der Waals surface area contributed by atoms with Crippen LogP contribution >= 0.6 is 0 Å². The first kappa shape index (κ1) is 23.5. The molecule has 0 aliphatic carbocycles. The van der Waals surface area contributed by atoms with Gasteiger partial charge in [0.1, 0.15) is 11.5 Å². The average molecular weight is 497 g/mol. The smallest absolute Gasteiger partial charge is 0.332 e. The fourth-order valence-electron chi connectivity index (χ4n) is 4.34. The number of halogens is 4. The van der Waals surface area contributed by atoms with Crippen LogP contribution in [-0.2, 0) is 25.7 Å². The highest BCUT2D eigenvalue weighted by Crippen LogP contribution is 2.29. The third-order valence-corrected chi connectivity index (χ3v) is 6.11. The number of rotatable bonds is 4. The number of pyridine rings is 2. The topological polar surface area (TPSA) is 83.9 Å². The van der Waals surface area contributed by atoms with E-state index in [-0.39, 0.29) is 48.4 Å². The lowest BCUT2D eigenvalue weighted by Gasteiger charge is -2.31. The highest BCUT2D eigenvalue weighted by molar-refractivity contribution is 5.92. The van der Waals surface area contributed by atoms with Gasteiger partial charge in [-0.15, -0.1) is 0 Å². The van der Waals surface area contributed by atoms with Gasteiger partial charge in [-0.1, -0.05) is 18.2 Å². The van der Waals surface area contributed by atoms with Gasteiger partial charge in [-0.25, -0.2) is 4.39 Å². The van der Waals surface area contributed by atoms with Gasteiger partial charge in [0, 0.05) is 49.2 Å². The van der Waals surface area contributed by atoms with Crippen LogP contribution in [0.25, 0.3) is 11.1 Å². The van der Waals surface area contributed by atoms with Crippen molar-refractivity contribution < 1.29 is 22.4 Å². The van der Waals surface area contributed by atoms with Crippen LogP contribution in [0.15, 0.2) is 65.7 Å². The fourth-order valence-corrected chi connectivity index (χ4v) is 4.34. The Balaban J connectivity index is 1.56. The maximum absolute atomic E-state index is 14.6. The Morgan fingerprint density at radius 3 is 2.50 bits per heavy atom. The Hall–Kier alpha value is -4.28.